The molecule has 0 atom stereocenters. The van der Waals surface area contributed by atoms with E-state index in [9.17, 15) is 4.79 Å². The quantitative estimate of drug-likeness (QED) is 0.246. The number of carbonyl (C=O) groups excluding carboxylic acids is 1. The van der Waals surface area contributed by atoms with Crippen molar-refractivity contribution in [2.45, 2.75) is 19.8 Å². The Hall–Kier alpha value is -3.63. The zero-order valence-electron chi connectivity index (χ0n) is 18.3. The van der Waals surface area contributed by atoms with Gasteiger partial charge in [0, 0.05) is 59.0 Å². The summed E-state index contributed by atoms with van der Waals surface area (Å²) in [6.07, 6.45) is 9.30. The second-order valence-electron chi connectivity index (χ2n) is 8.12. The van der Waals surface area contributed by atoms with Gasteiger partial charge in [-0.05, 0) is 37.8 Å². The molecule has 168 valence electrons. The Balaban J connectivity index is 1.61. The summed E-state index contributed by atoms with van der Waals surface area (Å²) in [5, 5.41) is 7.07. The lowest BCUT2D eigenvalue weighted by molar-refractivity contribution is 0.0953. The van der Waals surface area contributed by atoms with Crippen molar-refractivity contribution in [3.8, 4) is 38.8 Å². The fourth-order valence-electron chi connectivity index (χ4n) is 3.48. The van der Waals surface area contributed by atoms with Crippen LogP contribution >= 0.6 is 11.3 Å². The van der Waals surface area contributed by atoms with Gasteiger partial charge in [0.15, 0.2) is 0 Å². The highest BCUT2D eigenvalue weighted by Gasteiger charge is 2.24. The van der Waals surface area contributed by atoms with Crippen LogP contribution in [-0.4, -0.2) is 37.2 Å². The molecule has 10 heteroatoms. The predicted octanol–water partition coefficient (Wildman–Crippen LogP) is 3.37. The van der Waals surface area contributed by atoms with E-state index < -0.39 is 5.91 Å². The molecule has 3 N–H and O–H groups in total. The van der Waals surface area contributed by atoms with E-state index in [-0.39, 0.29) is 0 Å². The summed E-state index contributed by atoms with van der Waals surface area (Å²) in [5.74, 6) is 5.95. The van der Waals surface area contributed by atoms with E-state index in [1.807, 2.05) is 31.6 Å². The average Bonchev–Trinajstić information content (AvgIpc) is 3.34. The number of hydrogen-bond donors (Lipinski definition) is 2. The Morgan fingerprint density at radius 1 is 1.21 bits per heavy atom. The number of ether oxygens (including phenoxy) is 1. The molecule has 0 aromatic carbocycles. The van der Waals surface area contributed by atoms with E-state index in [2.05, 4.69) is 20.5 Å². The number of aryl methyl sites for hydroxylation is 2. The molecule has 0 saturated heterocycles. The van der Waals surface area contributed by atoms with Crippen molar-refractivity contribution in [1.82, 2.24) is 30.2 Å². The van der Waals surface area contributed by atoms with Gasteiger partial charge >= 0.3 is 0 Å². The Kier molecular flexibility index (Phi) is 5.61. The zero-order valence-corrected chi connectivity index (χ0v) is 19.1. The standard InChI is InChI=1S/C23H23N7O2S/c1-13-5-18(23-28-20(12-33-23)16-8-27-30(2)10-16)19(9-25-13)17-6-15(21(31)29-24)7-26-22(17)32-11-14-3-4-14/h5-10,12,14H,3-4,11,24H2,1-2H3,(H,29,31). The Labute approximate surface area is 194 Å². The molecule has 4 heterocycles. The molecule has 33 heavy (non-hydrogen) atoms. The van der Waals surface area contributed by atoms with E-state index in [0.29, 0.717) is 29.5 Å². The first-order valence-electron chi connectivity index (χ1n) is 10.6. The summed E-state index contributed by atoms with van der Waals surface area (Å²) in [6, 6.07) is 3.73. The smallest absolute Gasteiger partial charge is 0.266 e. The zero-order chi connectivity index (χ0) is 22.9. The summed E-state index contributed by atoms with van der Waals surface area (Å²) < 4.78 is 7.80. The van der Waals surface area contributed by atoms with Crippen molar-refractivity contribution in [2.24, 2.45) is 18.8 Å². The molecule has 9 nitrogen and oxygen atoms in total. The number of hydrazine groups is 1. The van der Waals surface area contributed by atoms with Crippen LogP contribution in [0.5, 0.6) is 5.88 Å². The van der Waals surface area contributed by atoms with Gasteiger partial charge in [-0.25, -0.2) is 15.8 Å². The van der Waals surface area contributed by atoms with Crippen LogP contribution < -0.4 is 16.0 Å². The lowest BCUT2D eigenvalue weighted by atomic mass is 10.0. The van der Waals surface area contributed by atoms with Crippen LogP contribution in [0.25, 0.3) is 33.0 Å². The van der Waals surface area contributed by atoms with E-state index >= 15 is 0 Å². The number of nitrogen functional groups attached to an aromatic ring is 1. The van der Waals surface area contributed by atoms with Gasteiger partial charge in [0.25, 0.3) is 5.91 Å². The van der Waals surface area contributed by atoms with Gasteiger partial charge in [-0.3, -0.25) is 19.9 Å². The van der Waals surface area contributed by atoms with Crippen LogP contribution in [0.1, 0.15) is 28.9 Å². The molecule has 0 bridgehead atoms. The second-order valence-corrected chi connectivity index (χ2v) is 8.97. The first-order valence-corrected chi connectivity index (χ1v) is 11.5. The van der Waals surface area contributed by atoms with Gasteiger partial charge < -0.3 is 4.74 Å². The largest absolute Gasteiger partial charge is 0.477 e. The molecule has 1 fully saturated rings. The van der Waals surface area contributed by atoms with Crippen LogP contribution in [0.3, 0.4) is 0 Å². The molecule has 0 spiro atoms. The van der Waals surface area contributed by atoms with Crippen molar-refractivity contribution < 1.29 is 9.53 Å². The first-order chi connectivity index (χ1) is 16.0. The van der Waals surface area contributed by atoms with Gasteiger partial charge in [0.2, 0.25) is 5.88 Å². The van der Waals surface area contributed by atoms with Crippen molar-refractivity contribution >= 4 is 17.2 Å². The van der Waals surface area contributed by atoms with Crippen molar-refractivity contribution in [3.05, 3.63) is 53.6 Å². The highest BCUT2D eigenvalue weighted by atomic mass is 32.1. The third-order valence-electron chi connectivity index (χ3n) is 5.46. The van der Waals surface area contributed by atoms with Crippen LogP contribution in [0.15, 0.2) is 42.3 Å². The summed E-state index contributed by atoms with van der Waals surface area (Å²) in [5.41, 5.74) is 7.52. The minimum Gasteiger partial charge on any atom is -0.477 e. The number of thiazole rings is 1. The lowest BCUT2D eigenvalue weighted by Gasteiger charge is -2.14. The molecule has 4 aromatic rings. The molecule has 1 aliphatic rings. The summed E-state index contributed by atoms with van der Waals surface area (Å²) >= 11 is 1.54. The van der Waals surface area contributed by atoms with Crippen LogP contribution in [0, 0.1) is 12.8 Å². The average molecular weight is 462 g/mol. The number of carbonyl (C=O) groups is 1. The van der Waals surface area contributed by atoms with E-state index in [0.717, 1.165) is 45.9 Å². The minimum absolute atomic E-state index is 0.341. The summed E-state index contributed by atoms with van der Waals surface area (Å²) in [7, 11) is 1.88. The van der Waals surface area contributed by atoms with Crippen molar-refractivity contribution in [1.29, 1.82) is 0 Å². The molecule has 1 aliphatic carbocycles. The fourth-order valence-corrected chi connectivity index (χ4v) is 4.34. The van der Waals surface area contributed by atoms with Gasteiger partial charge in [0.05, 0.1) is 24.1 Å². The van der Waals surface area contributed by atoms with Crippen molar-refractivity contribution in [2.75, 3.05) is 6.61 Å². The van der Waals surface area contributed by atoms with Crippen molar-refractivity contribution in [3.63, 3.8) is 0 Å². The predicted molar refractivity (Wildman–Crippen MR) is 125 cm³/mol. The minimum atomic E-state index is -0.424. The normalized spacial score (nSPS) is 13.2. The molecular weight excluding hydrogens is 438 g/mol. The Bertz CT molecular complexity index is 1330. The molecule has 1 amide bonds. The summed E-state index contributed by atoms with van der Waals surface area (Å²) in [4.78, 5) is 26.0. The molecule has 4 aromatic heterocycles. The number of nitrogens with one attached hydrogen (secondary N) is 1. The van der Waals surface area contributed by atoms with Crippen LogP contribution in [-0.2, 0) is 7.05 Å². The molecule has 1 saturated carbocycles. The molecule has 0 aliphatic heterocycles. The maximum Gasteiger partial charge on any atom is 0.266 e. The third-order valence-corrected chi connectivity index (χ3v) is 6.34. The number of nitrogens with two attached hydrogens (primary N) is 1. The molecule has 0 radical (unpaired) electrons. The SMILES string of the molecule is Cc1cc(-c2nc(-c3cnn(C)c3)cs2)c(-c2cc(C(=O)NN)cnc2OCC2CC2)cn1. The van der Waals surface area contributed by atoms with Gasteiger partial charge in [0.1, 0.15) is 5.01 Å². The lowest BCUT2D eigenvalue weighted by Crippen LogP contribution is -2.30. The highest BCUT2D eigenvalue weighted by Crippen LogP contribution is 2.40. The van der Waals surface area contributed by atoms with E-state index in [4.69, 9.17) is 15.6 Å². The second kappa shape index (κ2) is 8.72. The first kappa shape index (κ1) is 21.2. The highest BCUT2D eigenvalue weighted by molar-refractivity contribution is 7.13. The fraction of sp³-hybridized carbons (Fsp3) is 0.261. The Morgan fingerprint density at radius 2 is 2.06 bits per heavy atom. The topological polar surface area (TPSA) is 121 Å². The Morgan fingerprint density at radius 3 is 2.79 bits per heavy atom. The maximum absolute atomic E-state index is 12.2. The van der Waals surface area contributed by atoms with Gasteiger partial charge in [-0.2, -0.15) is 5.10 Å². The number of rotatable bonds is 7. The number of aromatic nitrogens is 5. The summed E-state index contributed by atoms with van der Waals surface area (Å²) in [6.45, 7) is 2.53. The van der Waals surface area contributed by atoms with Gasteiger partial charge in [-0.1, -0.05) is 0 Å². The number of hydrogen-bond acceptors (Lipinski definition) is 8. The van der Waals surface area contributed by atoms with E-state index in [1.165, 1.54) is 17.5 Å². The third kappa shape index (κ3) is 4.48. The van der Waals surface area contributed by atoms with Crippen LogP contribution in [0.4, 0.5) is 0 Å². The number of nitrogens with zero attached hydrogens (tertiary/aromatic N) is 5. The monoisotopic (exact) mass is 461 g/mol. The molecule has 5 rings (SSSR count). The number of pyridine rings is 2. The number of amides is 1. The van der Waals surface area contributed by atoms with Crippen LogP contribution in [0.2, 0.25) is 0 Å². The molecule has 0 unspecified atom stereocenters. The maximum atomic E-state index is 12.2. The molecular formula is C23H23N7O2S. The van der Waals surface area contributed by atoms with E-state index in [1.54, 1.807) is 23.1 Å². The van der Waals surface area contributed by atoms with Gasteiger partial charge in [-0.15, -0.1) is 11.3 Å².